The van der Waals surface area contributed by atoms with Crippen LogP contribution in [0.2, 0.25) is 0 Å². The maximum absolute atomic E-state index is 12.4. The molecule has 4 aromatic rings. The van der Waals surface area contributed by atoms with E-state index in [0.717, 1.165) is 37.8 Å². The summed E-state index contributed by atoms with van der Waals surface area (Å²) in [5, 5.41) is 14.1. The van der Waals surface area contributed by atoms with Crippen molar-refractivity contribution in [3.05, 3.63) is 45.5 Å². The van der Waals surface area contributed by atoms with Crippen molar-refractivity contribution in [2.24, 2.45) is 0 Å². The number of carbonyl (C=O) groups excluding carboxylic acids is 1. The van der Waals surface area contributed by atoms with Crippen molar-refractivity contribution in [3.8, 4) is 0 Å². The lowest BCUT2D eigenvalue weighted by Crippen LogP contribution is -2.14. The van der Waals surface area contributed by atoms with E-state index in [9.17, 15) is 4.79 Å². The van der Waals surface area contributed by atoms with Crippen molar-refractivity contribution in [2.45, 2.75) is 39.8 Å². The Morgan fingerprint density at radius 2 is 1.89 bits per heavy atom. The summed E-state index contributed by atoms with van der Waals surface area (Å²) in [6, 6.07) is 6.47. The van der Waals surface area contributed by atoms with Crippen molar-refractivity contribution in [1.82, 2.24) is 19.6 Å². The molecule has 0 aliphatic carbocycles. The fourth-order valence-corrected chi connectivity index (χ4v) is 4.91. The summed E-state index contributed by atoms with van der Waals surface area (Å²) in [6.45, 7) is 10.2. The first-order valence-electron chi connectivity index (χ1n) is 8.96. The molecule has 0 saturated heterocycles. The number of amides is 1. The second kappa shape index (κ2) is 7.18. The normalized spacial score (nSPS) is 11.5. The lowest BCUT2D eigenvalue weighted by atomic mass is 10.1. The van der Waals surface area contributed by atoms with E-state index in [1.54, 1.807) is 0 Å². The van der Waals surface area contributed by atoms with E-state index in [0.29, 0.717) is 5.13 Å². The fraction of sp³-hybridized carbons (Fsp3) is 0.300. The molecule has 4 rings (SSSR count). The molecule has 144 valence electrons. The number of carbonyl (C=O) groups is 1. The van der Waals surface area contributed by atoms with Gasteiger partial charge in [-0.15, -0.1) is 21.5 Å². The van der Waals surface area contributed by atoms with Gasteiger partial charge in [0.2, 0.25) is 5.91 Å². The molecule has 0 atom stereocenters. The molecule has 0 radical (unpaired) electrons. The van der Waals surface area contributed by atoms with Gasteiger partial charge in [-0.05, 0) is 63.3 Å². The average molecular weight is 412 g/mol. The molecule has 0 saturated carbocycles. The largest absolute Gasteiger partial charge is 0.301 e. The minimum absolute atomic E-state index is 0.0972. The molecule has 0 aliphatic rings. The molecule has 0 fully saturated rings. The fourth-order valence-electron chi connectivity index (χ4n) is 3.34. The van der Waals surface area contributed by atoms with E-state index in [-0.39, 0.29) is 11.7 Å². The van der Waals surface area contributed by atoms with Gasteiger partial charge in [0.1, 0.15) is 0 Å². The zero-order valence-corrected chi connectivity index (χ0v) is 18.1. The zero-order valence-electron chi connectivity index (χ0n) is 16.5. The summed E-state index contributed by atoms with van der Waals surface area (Å²) in [5.74, 6) is 0.152. The molecular formula is C20H21N5OS2. The van der Waals surface area contributed by atoms with Crippen molar-refractivity contribution >= 4 is 50.7 Å². The monoisotopic (exact) mass is 411 g/mol. The van der Waals surface area contributed by atoms with Gasteiger partial charge >= 0.3 is 0 Å². The van der Waals surface area contributed by atoms with Crippen LogP contribution in [0.25, 0.3) is 16.6 Å². The Kier molecular flexibility index (Phi) is 4.84. The Morgan fingerprint density at radius 3 is 2.61 bits per heavy atom. The number of thioether (sulfide) groups is 1. The van der Waals surface area contributed by atoms with E-state index in [2.05, 4.69) is 56.9 Å². The number of anilines is 1. The Bertz CT molecular complexity index is 1210. The minimum atomic E-state index is -0.0972. The number of nitrogens with one attached hydrogen (secondary N) is 1. The van der Waals surface area contributed by atoms with Gasteiger partial charge in [-0.1, -0.05) is 23.4 Å². The molecular weight excluding hydrogens is 390 g/mol. The molecule has 0 bridgehead atoms. The maximum atomic E-state index is 12.4. The third-order valence-corrected chi connectivity index (χ3v) is 6.58. The molecule has 8 heteroatoms. The molecule has 1 amide bonds. The molecule has 1 aromatic carbocycles. The number of hydrogen-bond donors (Lipinski definition) is 1. The molecule has 3 heterocycles. The van der Waals surface area contributed by atoms with Crippen molar-refractivity contribution in [1.29, 1.82) is 0 Å². The van der Waals surface area contributed by atoms with E-state index in [1.165, 1.54) is 34.2 Å². The first-order valence-corrected chi connectivity index (χ1v) is 10.8. The molecule has 0 unspecified atom stereocenters. The predicted molar refractivity (Wildman–Crippen MR) is 116 cm³/mol. The molecule has 3 aromatic heterocycles. The van der Waals surface area contributed by atoms with Crippen LogP contribution in [0.4, 0.5) is 5.13 Å². The van der Waals surface area contributed by atoms with E-state index in [1.807, 2.05) is 20.8 Å². The van der Waals surface area contributed by atoms with Gasteiger partial charge in [-0.3, -0.25) is 9.20 Å². The highest BCUT2D eigenvalue weighted by atomic mass is 32.2. The molecule has 0 aliphatic heterocycles. The Hall–Kier alpha value is -2.45. The van der Waals surface area contributed by atoms with Crippen LogP contribution in [-0.4, -0.2) is 31.2 Å². The molecule has 1 N–H and O–H groups in total. The van der Waals surface area contributed by atoms with Gasteiger partial charge in [-0.25, -0.2) is 4.98 Å². The molecule has 0 spiro atoms. The number of aromatic nitrogens is 4. The van der Waals surface area contributed by atoms with Crippen LogP contribution < -0.4 is 5.32 Å². The lowest BCUT2D eigenvalue weighted by molar-refractivity contribution is -0.113. The summed E-state index contributed by atoms with van der Waals surface area (Å²) in [5.41, 5.74) is 6.32. The zero-order chi connectivity index (χ0) is 20.0. The van der Waals surface area contributed by atoms with Crippen molar-refractivity contribution in [2.75, 3.05) is 11.1 Å². The van der Waals surface area contributed by atoms with Gasteiger partial charge in [0.15, 0.2) is 15.9 Å². The number of benzene rings is 1. The van der Waals surface area contributed by atoms with Crippen LogP contribution >= 0.6 is 23.1 Å². The first kappa shape index (κ1) is 18.9. The average Bonchev–Trinajstić information content (AvgIpc) is 3.16. The molecule has 6 nitrogen and oxygen atoms in total. The van der Waals surface area contributed by atoms with Gasteiger partial charge in [0.05, 0.1) is 17.0 Å². The standard InChI is InChI=1S/C20H21N5OS2/c1-10-6-11(2)17-15(7-10)8-12(3)18-23-24-20(25(17)18)27-9-16(26)22-19-21-13(4)14(5)28-19/h6-8H,9H2,1-5H3,(H,21,22,26). The predicted octanol–water partition coefficient (Wildman–Crippen LogP) is 4.61. The number of thiazole rings is 1. The number of rotatable bonds is 4. The number of nitrogens with zero attached hydrogens (tertiary/aromatic N) is 4. The van der Waals surface area contributed by atoms with E-state index < -0.39 is 0 Å². The highest BCUT2D eigenvalue weighted by Gasteiger charge is 2.16. The van der Waals surface area contributed by atoms with Crippen LogP contribution in [0.5, 0.6) is 0 Å². The summed E-state index contributed by atoms with van der Waals surface area (Å²) in [6.07, 6.45) is 0. The van der Waals surface area contributed by atoms with Crippen LogP contribution in [0.3, 0.4) is 0 Å². The van der Waals surface area contributed by atoms with Crippen LogP contribution in [-0.2, 0) is 4.79 Å². The van der Waals surface area contributed by atoms with Gasteiger partial charge in [0, 0.05) is 4.88 Å². The maximum Gasteiger partial charge on any atom is 0.236 e. The SMILES string of the molecule is Cc1cc(C)c2c(c1)cc(C)c1nnc(SCC(=O)Nc3nc(C)c(C)s3)n12. The second-order valence-corrected chi connectivity index (χ2v) is 9.13. The Balaban J connectivity index is 1.65. The summed E-state index contributed by atoms with van der Waals surface area (Å²) < 4.78 is 2.06. The van der Waals surface area contributed by atoms with Crippen molar-refractivity contribution in [3.63, 3.8) is 0 Å². The lowest BCUT2D eigenvalue weighted by Gasteiger charge is -2.10. The van der Waals surface area contributed by atoms with Gasteiger partial charge in [0.25, 0.3) is 0 Å². The third-order valence-electron chi connectivity index (χ3n) is 4.66. The first-order chi connectivity index (χ1) is 13.3. The Morgan fingerprint density at radius 1 is 1.11 bits per heavy atom. The van der Waals surface area contributed by atoms with Crippen molar-refractivity contribution < 1.29 is 4.79 Å². The van der Waals surface area contributed by atoms with Crippen LogP contribution in [0, 0.1) is 34.6 Å². The minimum Gasteiger partial charge on any atom is -0.301 e. The van der Waals surface area contributed by atoms with Crippen LogP contribution in [0.1, 0.15) is 27.3 Å². The molecule has 28 heavy (non-hydrogen) atoms. The third kappa shape index (κ3) is 3.38. The smallest absolute Gasteiger partial charge is 0.236 e. The topological polar surface area (TPSA) is 72.2 Å². The Labute approximate surface area is 171 Å². The number of pyridine rings is 1. The van der Waals surface area contributed by atoms with E-state index >= 15 is 0 Å². The quantitative estimate of drug-likeness (QED) is 0.497. The van der Waals surface area contributed by atoms with E-state index in [4.69, 9.17) is 0 Å². The summed E-state index contributed by atoms with van der Waals surface area (Å²) in [4.78, 5) is 17.9. The highest BCUT2D eigenvalue weighted by molar-refractivity contribution is 7.99. The highest BCUT2D eigenvalue weighted by Crippen LogP contribution is 2.29. The number of fused-ring (bicyclic) bond motifs is 3. The van der Waals surface area contributed by atoms with Crippen LogP contribution in [0.15, 0.2) is 23.4 Å². The second-order valence-electron chi connectivity index (χ2n) is 6.99. The summed E-state index contributed by atoms with van der Waals surface area (Å²) in [7, 11) is 0. The van der Waals surface area contributed by atoms with Gasteiger partial charge < -0.3 is 5.32 Å². The number of aryl methyl sites for hydroxylation is 5. The van der Waals surface area contributed by atoms with Gasteiger partial charge in [-0.2, -0.15) is 0 Å². The summed E-state index contributed by atoms with van der Waals surface area (Å²) >= 11 is 2.88. The number of hydrogen-bond acceptors (Lipinski definition) is 6.